The van der Waals surface area contributed by atoms with E-state index in [0.717, 1.165) is 0 Å². The molecule has 2 rings (SSSR count). The summed E-state index contributed by atoms with van der Waals surface area (Å²) in [5.41, 5.74) is 0. The molecule has 0 bridgehead atoms. The first-order chi connectivity index (χ1) is 8.88. The minimum atomic E-state index is -0.472. The summed E-state index contributed by atoms with van der Waals surface area (Å²) in [4.78, 5) is 0. The van der Waals surface area contributed by atoms with Crippen molar-refractivity contribution >= 4 is 0 Å². The first kappa shape index (κ1) is 14.3. The minimum absolute atomic E-state index is 0.0733. The predicted octanol–water partition coefficient (Wildman–Crippen LogP) is 2.10. The van der Waals surface area contributed by atoms with E-state index >= 15 is 0 Å². The molecule has 2 aliphatic carbocycles. The van der Waals surface area contributed by atoms with Crippen molar-refractivity contribution in [2.45, 2.75) is 57.3 Å². The van der Waals surface area contributed by atoms with Crippen LogP contribution in [-0.2, 0) is 14.2 Å². The standard InChI is InChI=1S/C14H26O4/c15-10-14(18-11-12-6-7-12)17-9-8-16-13-4-2-1-3-5-13/h12-15H,1-11H2. The molecule has 0 amide bonds. The van der Waals surface area contributed by atoms with Crippen LogP contribution in [0.5, 0.6) is 0 Å². The SMILES string of the molecule is OCC(OCCOC1CCCCC1)OCC1CC1. The minimum Gasteiger partial charge on any atom is -0.391 e. The fourth-order valence-corrected chi connectivity index (χ4v) is 2.31. The Hall–Kier alpha value is -0.160. The number of rotatable bonds is 9. The molecule has 0 saturated heterocycles. The summed E-state index contributed by atoms with van der Waals surface area (Å²) in [5, 5.41) is 9.12. The summed E-state index contributed by atoms with van der Waals surface area (Å²) in [7, 11) is 0. The van der Waals surface area contributed by atoms with Crippen molar-refractivity contribution < 1.29 is 19.3 Å². The molecule has 0 aromatic heterocycles. The Bertz CT molecular complexity index is 212. The van der Waals surface area contributed by atoms with Gasteiger partial charge in [-0.25, -0.2) is 0 Å². The molecule has 0 heterocycles. The van der Waals surface area contributed by atoms with Gasteiger partial charge in [0, 0.05) is 0 Å². The zero-order chi connectivity index (χ0) is 12.6. The van der Waals surface area contributed by atoms with Gasteiger partial charge in [0.1, 0.15) is 0 Å². The molecule has 0 aliphatic heterocycles. The van der Waals surface area contributed by atoms with Crippen LogP contribution in [0.4, 0.5) is 0 Å². The average molecular weight is 258 g/mol. The van der Waals surface area contributed by atoms with Gasteiger partial charge >= 0.3 is 0 Å². The Morgan fingerprint density at radius 2 is 1.72 bits per heavy atom. The highest BCUT2D eigenvalue weighted by atomic mass is 16.7. The Labute approximate surface area is 110 Å². The summed E-state index contributed by atoms with van der Waals surface area (Å²) in [6.07, 6.45) is 8.74. The van der Waals surface area contributed by atoms with Gasteiger partial charge in [0.2, 0.25) is 0 Å². The van der Waals surface area contributed by atoms with E-state index in [2.05, 4.69) is 0 Å². The van der Waals surface area contributed by atoms with E-state index in [1.54, 1.807) is 0 Å². The summed E-state index contributed by atoms with van der Waals surface area (Å²) < 4.78 is 16.7. The summed E-state index contributed by atoms with van der Waals surface area (Å²) in [5.74, 6) is 0.695. The van der Waals surface area contributed by atoms with Crippen LogP contribution in [0.25, 0.3) is 0 Å². The second-order valence-corrected chi connectivity index (χ2v) is 5.39. The van der Waals surface area contributed by atoms with Crippen LogP contribution in [0.3, 0.4) is 0 Å². The number of hydrogen-bond donors (Lipinski definition) is 1. The van der Waals surface area contributed by atoms with E-state index in [0.29, 0.717) is 31.8 Å². The van der Waals surface area contributed by atoms with E-state index < -0.39 is 6.29 Å². The number of aliphatic hydroxyl groups is 1. The highest BCUT2D eigenvalue weighted by molar-refractivity contribution is 4.72. The average Bonchev–Trinajstić information content (AvgIpc) is 3.23. The largest absolute Gasteiger partial charge is 0.391 e. The first-order valence-corrected chi connectivity index (χ1v) is 7.34. The predicted molar refractivity (Wildman–Crippen MR) is 68.3 cm³/mol. The first-order valence-electron chi connectivity index (χ1n) is 7.34. The van der Waals surface area contributed by atoms with Gasteiger partial charge in [0.05, 0.1) is 32.5 Å². The van der Waals surface area contributed by atoms with Crippen molar-refractivity contribution in [2.75, 3.05) is 26.4 Å². The van der Waals surface area contributed by atoms with E-state index in [1.165, 1.54) is 44.9 Å². The normalized spacial score (nSPS) is 23.2. The van der Waals surface area contributed by atoms with Gasteiger partial charge in [-0.2, -0.15) is 0 Å². The lowest BCUT2D eigenvalue weighted by Gasteiger charge is -2.22. The maximum atomic E-state index is 9.12. The summed E-state index contributed by atoms with van der Waals surface area (Å²) in [6.45, 7) is 1.76. The van der Waals surface area contributed by atoms with Gasteiger partial charge in [-0.05, 0) is 31.6 Å². The molecule has 4 nitrogen and oxygen atoms in total. The Balaban J connectivity index is 1.46. The van der Waals surface area contributed by atoms with E-state index in [9.17, 15) is 0 Å². The van der Waals surface area contributed by atoms with Gasteiger partial charge < -0.3 is 19.3 Å². The fraction of sp³-hybridized carbons (Fsp3) is 1.00. The molecule has 4 heteroatoms. The maximum absolute atomic E-state index is 9.12. The van der Waals surface area contributed by atoms with E-state index in [1.807, 2.05) is 0 Å². The van der Waals surface area contributed by atoms with Crippen LogP contribution in [0, 0.1) is 5.92 Å². The maximum Gasteiger partial charge on any atom is 0.180 e. The van der Waals surface area contributed by atoms with E-state index in [-0.39, 0.29) is 6.61 Å². The molecule has 0 radical (unpaired) electrons. The molecule has 1 unspecified atom stereocenters. The molecule has 106 valence electrons. The van der Waals surface area contributed by atoms with Crippen LogP contribution in [0.15, 0.2) is 0 Å². The molecule has 18 heavy (non-hydrogen) atoms. The van der Waals surface area contributed by atoms with Crippen molar-refractivity contribution in [3.63, 3.8) is 0 Å². The molecular formula is C14H26O4. The third-order valence-corrected chi connectivity index (χ3v) is 3.66. The fourth-order valence-electron chi connectivity index (χ4n) is 2.31. The van der Waals surface area contributed by atoms with Crippen molar-refractivity contribution in [3.8, 4) is 0 Å². The smallest absolute Gasteiger partial charge is 0.180 e. The van der Waals surface area contributed by atoms with Crippen LogP contribution in [0.2, 0.25) is 0 Å². The molecule has 2 fully saturated rings. The quantitative estimate of drug-likeness (QED) is 0.508. The van der Waals surface area contributed by atoms with Gasteiger partial charge in [0.15, 0.2) is 6.29 Å². The van der Waals surface area contributed by atoms with Crippen LogP contribution in [-0.4, -0.2) is 43.9 Å². The molecule has 1 atom stereocenters. The Kier molecular flexibility index (Phi) is 6.41. The molecule has 0 aromatic carbocycles. The van der Waals surface area contributed by atoms with Crippen LogP contribution >= 0.6 is 0 Å². The number of aliphatic hydroxyl groups excluding tert-OH is 1. The second-order valence-electron chi connectivity index (χ2n) is 5.39. The highest BCUT2D eigenvalue weighted by Gasteiger charge is 2.23. The van der Waals surface area contributed by atoms with Crippen molar-refractivity contribution in [3.05, 3.63) is 0 Å². The topological polar surface area (TPSA) is 47.9 Å². The van der Waals surface area contributed by atoms with E-state index in [4.69, 9.17) is 19.3 Å². The van der Waals surface area contributed by atoms with Crippen molar-refractivity contribution in [1.29, 1.82) is 0 Å². The molecule has 0 aromatic rings. The third-order valence-electron chi connectivity index (χ3n) is 3.66. The number of hydrogen-bond acceptors (Lipinski definition) is 4. The van der Waals surface area contributed by atoms with Crippen molar-refractivity contribution in [2.24, 2.45) is 5.92 Å². The lowest BCUT2D eigenvalue weighted by atomic mass is 9.98. The van der Waals surface area contributed by atoms with Gasteiger partial charge in [-0.15, -0.1) is 0 Å². The molecule has 0 spiro atoms. The zero-order valence-corrected chi connectivity index (χ0v) is 11.2. The van der Waals surface area contributed by atoms with Crippen molar-refractivity contribution in [1.82, 2.24) is 0 Å². The summed E-state index contributed by atoms with van der Waals surface area (Å²) in [6, 6.07) is 0. The third kappa shape index (κ3) is 5.65. The molecule has 2 aliphatic rings. The molecular weight excluding hydrogens is 232 g/mol. The van der Waals surface area contributed by atoms with Crippen LogP contribution in [0.1, 0.15) is 44.9 Å². The second kappa shape index (κ2) is 8.10. The van der Waals surface area contributed by atoms with Gasteiger partial charge in [-0.3, -0.25) is 0 Å². The van der Waals surface area contributed by atoms with Gasteiger partial charge in [-0.1, -0.05) is 19.3 Å². The Morgan fingerprint density at radius 3 is 2.39 bits per heavy atom. The monoisotopic (exact) mass is 258 g/mol. The molecule has 1 N–H and O–H groups in total. The van der Waals surface area contributed by atoms with Gasteiger partial charge in [0.25, 0.3) is 0 Å². The summed E-state index contributed by atoms with van der Waals surface area (Å²) >= 11 is 0. The lowest BCUT2D eigenvalue weighted by molar-refractivity contribution is -0.174. The lowest BCUT2D eigenvalue weighted by Crippen LogP contribution is -2.26. The van der Waals surface area contributed by atoms with Crippen LogP contribution < -0.4 is 0 Å². The molecule has 2 saturated carbocycles. The zero-order valence-electron chi connectivity index (χ0n) is 11.2. The highest BCUT2D eigenvalue weighted by Crippen LogP contribution is 2.29. The Morgan fingerprint density at radius 1 is 0.944 bits per heavy atom. The number of ether oxygens (including phenoxy) is 3.